The second kappa shape index (κ2) is 7.19. The van der Waals surface area contributed by atoms with Gasteiger partial charge < -0.3 is 19.7 Å². The van der Waals surface area contributed by atoms with Crippen LogP contribution in [0.15, 0.2) is 27.8 Å². The highest BCUT2D eigenvalue weighted by molar-refractivity contribution is 5.80. The van der Waals surface area contributed by atoms with Crippen molar-refractivity contribution in [3.8, 4) is 0 Å². The van der Waals surface area contributed by atoms with Crippen LogP contribution in [0.25, 0.3) is 0 Å². The van der Waals surface area contributed by atoms with Crippen molar-refractivity contribution >= 4 is 5.96 Å². The summed E-state index contributed by atoms with van der Waals surface area (Å²) in [5.74, 6) is 1.91. The van der Waals surface area contributed by atoms with Gasteiger partial charge in [-0.05, 0) is 31.9 Å². The maximum atomic E-state index is 9.54. The summed E-state index contributed by atoms with van der Waals surface area (Å²) in [6.07, 6.45) is 4.00. The van der Waals surface area contributed by atoms with Gasteiger partial charge in [-0.1, -0.05) is 0 Å². The maximum absolute atomic E-state index is 9.54. The number of nitrogens with zero attached hydrogens (tertiary/aromatic N) is 2. The van der Waals surface area contributed by atoms with Crippen LogP contribution < -0.4 is 5.32 Å². The fraction of sp³-hybridized carbons (Fsp3) is 0.643. The van der Waals surface area contributed by atoms with Crippen LogP contribution in [-0.4, -0.2) is 48.2 Å². The molecule has 0 spiro atoms. The summed E-state index contributed by atoms with van der Waals surface area (Å²) >= 11 is 0. The number of nitrogens with one attached hydrogen (secondary N) is 1. The van der Waals surface area contributed by atoms with Gasteiger partial charge in [-0.2, -0.15) is 0 Å². The van der Waals surface area contributed by atoms with Crippen molar-refractivity contribution in [2.24, 2.45) is 4.99 Å². The minimum Gasteiger partial charge on any atom is -0.469 e. The first-order valence-electron chi connectivity index (χ1n) is 7.03. The van der Waals surface area contributed by atoms with E-state index >= 15 is 0 Å². The third kappa shape index (κ3) is 4.28. The van der Waals surface area contributed by atoms with E-state index in [2.05, 4.69) is 22.1 Å². The molecular weight excluding hydrogens is 242 g/mol. The van der Waals surface area contributed by atoms with Gasteiger partial charge in [0.05, 0.1) is 12.4 Å². The highest BCUT2D eigenvalue weighted by Crippen LogP contribution is 2.10. The predicted octanol–water partition coefficient (Wildman–Crippen LogP) is 1.24. The van der Waals surface area contributed by atoms with Crippen LogP contribution in [-0.2, 0) is 6.42 Å². The van der Waals surface area contributed by atoms with E-state index in [-0.39, 0.29) is 6.10 Å². The summed E-state index contributed by atoms with van der Waals surface area (Å²) in [5.41, 5.74) is 0. The molecule has 0 unspecified atom stereocenters. The van der Waals surface area contributed by atoms with Crippen molar-refractivity contribution in [2.75, 3.05) is 26.2 Å². The fourth-order valence-corrected chi connectivity index (χ4v) is 2.23. The van der Waals surface area contributed by atoms with Gasteiger partial charge in [-0.15, -0.1) is 0 Å². The van der Waals surface area contributed by atoms with Gasteiger partial charge >= 0.3 is 0 Å². The van der Waals surface area contributed by atoms with Crippen molar-refractivity contribution < 1.29 is 9.52 Å². The van der Waals surface area contributed by atoms with Gasteiger partial charge in [0.2, 0.25) is 0 Å². The number of furan rings is 1. The average Bonchev–Trinajstić information content (AvgIpc) is 2.92. The highest BCUT2D eigenvalue weighted by atomic mass is 16.3. The van der Waals surface area contributed by atoms with E-state index in [0.717, 1.165) is 57.2 Å². The maximum Gasteiger partial charge on any atom is 0.193 e. The number of aliphatic hydroxyl groups is 1. The number of piperidine rings is 1. The Morgan fingerprint density at radius 1 is 1.53 bits per heavy atom. The zero-order valence-corrected chi connectivity index (χ0v) is 11.5. The van der Waals surface area contributed by atoms with Crippen molar-refractivity contribution in [3.05, 3.63) is 24.2 Å². The molecule has 0 bridgehead atoms. The summed E-state index contributed by atoms with van der Waals surface area (Å²) in [6, 6.07) is 3.87. The van der Waals surface area contributed by atoms with Crippen LogP contribution in [0.4, 0.5) is 0 Å². The Balaban J connectivity index is 1.87. The molecule has 1 aliphatic rings. The standard InChI is InChI=1S/C14H23N3O2/c1-2-15-14(17-9-6-12(18)7-10-17)16-8-5-13-4-3-11-19-13/h3-4,11-12,18H,2,5-10H2,1H3,(H,15,16). The number of aliphatic hydroxyl groups excluding tert-OH is 1. The molecule has 5 nitrogen and oxygen atoms in total. The lowest BCUT2D eigenvalue weighted by molar-refractivity contribution is 0.108. The van der Waals surface area contributed by atoms with E-state index in [1.165, 1.54) is 0 Å². The Hall–Kier alpha value is -1.49. The van der Waals surface area contributed by atoms with Gasteiger partial charge in [-0.25, -0.2) is 0 Å². The summed E-state index contributed by atoms with van der Waals surface area (Å²) in [5, 5.41) is 12.9. The Morgan fingerprint density at radius 3 is 2.95 bits per heavy atom. The highest BCUT2D eigenvalue weighted by Gasteiger charge is 2.19. The number of guanidine groups is 1. The third-order valence-electron chi connectivity index (χ3n) is 3.30. The van der Waals surface area contributed by atoms with Crippen molar-refractivity contribution in [1.29, 1.82) is 0 Å². The molecule has 0 aromatic carbocycles. The summed E-state index contributed by atoms with van der Waals surface area (Å²) in [7, 11) is 0. The van der Waals surface area contributed by atoms with E-state index in [1.807, 2.05) is 12.1 Å². The van der Waals surface area contributed by atoms with Crippen LogP contribution in [0.3, 0.4) is 0 Å². The normalized spacial score (nSPS) is 17.8. The minimum absolute atomic E-state index is 0.151. The molecule has 1 fully saturated rings. The molecular formula is C14H23N3O2. The largest absolute Gasteiger partial charge is 0.469 e. The SMILES string of the molecule is CCNC(=NCCc1ccco1)N1CCC(O)CC1. The van der Waals surface area contributed by atoms with E-state index in [4.69, 9.17) is 4.42 Å². The molecule has 0 saturated carbocycles. The monoisotopic (exact) mass is 265 g/mol. The molecule has 0 atom stereocenters. The Bertz CT molecular complexity index is 381. The number of rotatable bonds is 4. The molecule has 2 N–H and O–H groups in total. The Labute approximate surface area is 114 Å². The van der Waals surface area contributed by atoms with Gasteiger partial charge in [0.25, 0.3) is 0 Å². The Kier molecular flexibility index (Phi) is 5.27. The van der Waals surface area contributed by atoms with Crippen LogP contribution in [0.1, 0.15) is 25.5 Å². The first kappa shape index (κ1) is 13.9. The zero-order chi connectivity index (χ0) is 13.5. The van der Waals surface area contributed by atoms with Gasteiger partial charge in [0.1, 0.15) is 5.76 Å². The lowest BCUT2D eigenvalue weighted by Gasteiger charge is -2.32. The second-order valence-corrected chi connectivity index (χ2v) is 4.78. The molecule has 5 heteroatoms. The van der Waals surface area contributed by atoms with Crippen LogP contribution in [0, 0.1) is 0 Å². The van der Waals surface area contributed by atoms with Gasteiger partial charge in [-0.3, -0.25) is 4.99 Å². The minimum atomic E-state index is -0.151. The molecule has 19 heavy (non-hydrogen) atoms. The predicted molar refractivity (Wildman–Crippen MR) is 75.2 cm³/mol. The van der Waals surface area contributed by atoms with Crippen LogP contribution in [0.5, 0.6) is 0 Å². The van der Waals surface area contributed by atoms with E-state index in [9.17, 15) is 5.11 Å². The van der Waals surface area contributed by atoms with E-state index in [0.29, 0.717) is 0 Å². The van der Waals surface area contributed by atoms with Crippen molar-refractivity contribution in [2.45, 2.75) is 32.3 Å². The molecule has 0 aliphatic carbocycles. The van der Waals surface area contributed by atoms with E-state index in [1.54, 1.807) is 6.26 Å². The smallest absolute Gasteiger partial charge is 0.193 e. The lowest BCUT2D eigenvalue weighted by atomic mass is 10.1. The molecule has 106 valence electrons. The molecule has 1 aromatic heterocycles. The molecule has 1 saturated heterocycles. The zero-order valence-electron chi connectivity index (χ0n) is 11.5. The topological polar surface area (TPSA) is 61.0 Å². The average molecular weight is 265 g/mol. The summed E-state index contributed by atoms with van der Waals surface area (Å²) in [6.45, 7) is 5.38. The van der Waals surface area contributed by atoms with Crippen LogP contribution in [0.2, 0.25) is 0 Å². The molecule has 0 radical (unpaired) electrons. The van der Waals surface area contributed by atoms with E-state index < -0.39 is 0 Å². The number of likely N-dealkylation sites (tertiary alicyclic amines) is 1. The molecule has 2 heterocycles. The number of hydrogen-bond acceptors (Lipinski definition) is 3. The fourth-order valence-electron chi connectivity index (χ4n) is 2.23. The number of hydrogen-bond donors (Lipinski definition) is 2. The quantitative estimate of drug-likeness (QED) is 0.635. The first-order chi connectivity index (χ1) is 9.29. The third-order valence-corrected chi connectivity index (χ3v) is 3.30. The Morgan fingerprint density at radius 2 is 2.32 bits per heavy atom. The summed E-state index contributed by atoms with van der Waals surface area (Å²) in [4.78, 5) is 6.85. The molecule has 1 aliphatic heterocycles. The van der Waals surface area contributed by atoms with Gasteiger partial charge in [0, 0.05) is 32.6 Å². The first-order valence-corrected chi connectivity index (χ1v) is 7.03. The van der Waals surface area contributed by atoms with Gasteiger partial charge in [0.15, 0.2) is 5.96 Å². The molecule has 1 aromatic rings. The molecule has 0 amide bonds. The number of aliphatic imine (C=N–C) groups is 1. The second-order valence-electron chi connectivity index (χ2n) is 4.78. The summed E-state index contributed by atoms with van der Waals surface area (Å²) < 4.78 is 5.30. The molecule has 2 rings (SSSR count). The lowest BCUT2D eigenvalue weighted by Crippen LogP contribution is -2.46. The van der Waals surface area contributed by atoms with Crippen molar-refractivity contribution in [1.82, 2.24) is 10.2 Å². The van der Waals surface area contributed by atoms with Crippen LogP contribution >= 0.6 is 0 Å². The van der Waals surface area contributed by atoms with Crippen molar-refractivity contribution in [3.63, 3.8) is 0 Å².